The van der Waals surface area contributed by atoms with E-state index in [-0.39, 0.29) is 18.3 Å². The average Bonchev–Trinajstić information content (AvgIpc) is 2.18. The maximum atomic E-state index is 11.3. The number of nitrogens with two attached hydrogens (primary N) is 1. The normalized spacial score (nSPS) is 11.1. The minimum Gasteiger partial charge on any atom is -0.495 e. The maximum absolute atomic E-state index is 11.3. The lowest BCUT2D eigenvalue weighted by molar-refractivity contribution is -0.117. The van der Waals surface area contributed by atoms with E-state index in [1.54, 1.807) is 26.2 Å². The van der Waals surface area contributed by atoms with Crippen molar-refractivity contribution in [3.05, 3.63) is 24.3 Å². The van der Waals surface area contributed by atoms with Gasteiger partial charge in [-0.1, -0.05) is 12.1 Å². The van der Waals surface area contributed by atoms with E-state index in [0.717, 1.165) is 0 Å². The van der Waals surface area contributed by atoms with Gasteiger partial charge in [0.2, 0.25) is 5.91 Å². The lowest BCUT2D eigenvalue weighted by atomic mass is 10.2. The standard InChI is InChI=1S/C10H14N2O2.ClH/c1-7(11)10(13)12-8-5-3-4-6-9(8)14-2;/h3-7H,11H2,1-2H3,(H,12,13);1H. The van der Waals surface area contributed by atoms with Gasteiger partial charge in [-0.15, -0.1) is 12.4 Å². The summed E-state index contributed by atoms with van der Waals surface area (Å²) >= 11 is 0. The molecule has 3 N–H and O–H groups in total. The van der Waals surface area contributed by atoms with Crippen LogP contribution in [0, 0.1) is 0 Å². The van der Waals surface area contributed by atoms with Crippen LogP contribution in [0.5, 0.6) is 5.75 Å². The molecule has 0 heterocycles. The minimum atomic E-state index is -0.528. The number of rotatable bonds is 3. The summed E-state index contributed by atoms with van der Waals surface area (Å²) in [7, 11) is 1.55. The molecule has 0 saturated carbocycles. The van der Waals surface area contributed by atoms with E-state index in [2.05, 4.69) is 5.32 Å². The van der Waals surface area contributed by atoms with Gasteiger partial charge < -0.3 is 15.8 Å². The summed E-state index contributed by atoms with van der Waals surface area (Å²) in [6, 6.07) is 6.66. The van der Waals surface area contributed by atoms with Crippen molar-refractivity contribution < 1.29 is 9.53 Å². The number of amides is 1. The Morgan fingerprint density at radius 1 is 1.47 bits per heavy atom. The Morgan fingerprint density at radius 3 is 2.60 bits per heavy atom. The first-order valence-corrected chi connectivity index (χ1v) is 4.34. The number of methoxy groups -OCH3 is 1. The van der Waals surface area contributed by atoms with Crippen molar-refractivity contribution in [2.45, 2.75) is 13.0 Å². The van der Waals surface area contributed by atoms with E-state index in [9.17, 15) is 4.79 Å². The number of hydrogen-bond acceptors (Lipinski definition) is 3. The number of para-hydroxylation sites is 2. The topological polar surface area (TPSA) is 64.3 Å². The summed E-state index contributed by atoms with van der Waals surface area (Å²) in [6.07, 6.45) is 0. The largest absolute Gasteiger partial charge is 0.495 e. The number of anilines is 1. The molecule has 84 valence electrons. The molecule has 0 saturated heterocycles. The van der Waals surface area contributed by atoms with E-state index in [4.69, 9.17) is 10.5 Å². The summed E-state index contributed by atoms with van der Waals surface area (Å²) < 4.78 is 5.07. The monoisotopic (exact) mass is 230 g/mol. The number of carbonyl (C=O) groups is 1. The molecular weight excluding hydrogens is 216 g/mol. The number of nitrogens with one attached hydrogen (secondary N) is 1. The highest BCUT2D eigenvalue weighted by Gasteiger charge is 2.09. The van der Waals surface area contributed by atoms with Gasteiger partial charge in [0.25, 0.3) is 0 Å². The van der Waals surface area contributed by atoms with Crippen LogP contribution in [0.4, 0.5) is 5.69 Å². The Morgan fingerprint density at radius 2 is 2.07 bits per heavy atom. The molecule has 1 unspecified atom stereocenters. The maximum Gasteiger partial charge on any atom is 0.241 e. The van der Waals surface area contributed by atoms with Crippen molar-refractivity contribution >= 4 is 24.0 Å². The molecule has 0 spiro atoms. The third-order valence-electron chi connectivity index (χ3n) is 1.78. The summed E-state index contributed by atoms with van der Waals surface area (Å²) in [4.78, 5) is 11.3. The quantitative estimate of drug-likeness (QED) is 0.825. The second kappa shape index (κ2) is 6.27. The van der Waals surface area contributed by atoms with E-state index in [0.29, 0.717) is 11.4 Å². The van der Waals surface area contributed by atoms with Crippen molar-refractivity contribution in [2.75, 3.05) is 12.4 Å². The zero-order chi connectivity index (χ0) is 10.6. The first-order chi connectivity index (χ1) is 6.65. The molecule has 1 atom stereocenters. The number of hydrogen-bond donors (Lipinski definition) is 2. The minimum absolute atomic E-state index is 0. The van der Waals surface area contributed by atoms with E-state index >= 15 is 0 Å². The van der Waals surface area contributed by atoms with Crippen LogP contribution in [0.1, 0.15) is 6.92 Å². The number of benzene rings is 1. The van der Waals surface area contributed by atoms with Gasteiger partial charge in [0.05, 0.1) is 18.8 Å². The number of carbonyl (C=O) groups excluding carboxylic acids is 1. The Balaban J connectivity index is 0.00000196. The van der Waals surface area contributed by atoms with Crippen molar-refractivity contribution in [3.63, 3.8) is 0 Å². The summed E-state index contributed by atoms with van der Waals surface area (Å²) in [5.74, 6) is 0.399. The van der Waals surface area contributed by atoms with Crippen LogP contribution in [0.25, 0.3) is 0 Å². The fourth-order valence-corrected chi connectivity index (χ4v) is 0.994. The Hall–Kier alpha value is -1.26. The summed E-state index contributed by atoms with van der Waals surface area (Å²) in [6.45, 7) is 1.63. The van der Waals surface area contributed by atoms with Crippen molar-refractivity contribution in [3.8, 4) is 5.75 Å². The highest BCUT2D eigenvalue weighted by atomic mass is 35.5. The Labute approximate surface area is 95.2 Å². The molecule has 0 aromatic heterocycles. The molecule has 5 heteroatoms. The van der Waals surface area contributed by atoms with Gasteiger partial charge in [0, 0.05) is 0 Å². The summed E-state index contributed by atoms with van der Waals surface area (Å²) in [5.41, 5.74) is 6.06. The van der Waals surface area contributed by atoms with Crippen LogP contribution in [-0.2, 0) is 4.79 Å². The van der Waals surface area contributed by atoms with Crippen molar-refractivity contribution in [2.24, 2.45) is 5.73 Å². The first kappa shape index (κ1) is 13.7. The molecule has 0 radical (unpaired) electrons. The molecule has 0 fully saturated rings. The molecule has 1 aromatic rings. The average molecular weight is 231 g/mol. The highest BCUT2D eigenvalue weighted by molar-refractivity contribution is 5.95. The van der Waals surface area contributed by atoms with Crippen LogP contribution < -0.4 is 15.8 Å². The third-order valence-corrected chi connectivity index (χ3v) is 1.78. The van der Waals surface area contributed by atoms with E-state index in [1.807, 2.05) is 12.1 Å². The Kier molecular flexibility index (Phi) is 5.74. The highest BCUT2D eigenvalue weighted by Crippen LogP contribution is 2.22. The first-order valence-electron chi connectivity index (χ1n) is 4.34. The van der Waals surface area contributed by atoms with E-state index < -0.39 is 6.04 Å². The molecule has 1 amide bonds. The molecule has 0 aliphatic carbocycles. The smallest absolute Gasteiger partial charge is 0.241 e. The van der Waals surface area contributed by atoms with Crippen molar-refractivity contribution in [1.82, 2.24) is 0 Å². The van der Waals surface area contributed by atoms with Gasteiger partial charge in [0.1, 0.15) is 5.75 Å². The third kappa shape index (κ3) is 3.77. The van der Waals surface area contributed by atoms with Crippen molar-refractivity contribution in [1.29, 1.82) is 0 Å². The summed E-state index contributed by atoms with van der Waals surface area (Å²) in [5, 5.41) is 2.67. The molecular formula is C10H15ClN2O2. The zero-order valence-electron chi connectivity index (χ0n) is 8.69. The molecule has 1 aromatic carbocycles. The molecule has 4 nitrogen and oxygen atoms in total. The predicted octanol–water partition coefficient (Wildman–Crippen LogP) is 1.40. The number of ether oxygens (including phenoxy) is 1. The van der Waals surface area contributed by atoms with Gasteiger partial charge in [-0.25, -0.2) is 0 Å². The van der Waals surface area contributed by atoms with Crippen LogP contribution in [0.15, 0.2) is 24.3 Å². The van der Waals surface area contributed by atoms with Crippen LogP contribution in [-0.4, -0.2) is 19.1 Å². The van der Waals surface area contributed by atoms with Crippen LogP contribution in [0.3, 0.4) is 0 Å². The fourth-order valence-electron chi connectivity index (χ4n) is 0.994. The zero-order valence-corrected chi connectivity index (χ0v) is 9.51. The van der Waals surface area contributed by atoms with Crippen LogP contribution in [0.2, 0.25) is 0 Å². The second-order valence-electron chi connectivity index (χ2n) is 2.98. The number of halogens is 1. The SMILES string of the molecule is COc1ccccc1NC(=O)C(C)N.Cl. The molecule has 0 bridgehead atoms. The van der Waals surface area contributed by atoms with E-state index in [1.165, 1.54) is 0 Å². The fraction of sp³-hybridized carbons (Fsp3) is 0.300. The second-order valence-corrected chi connectivity index (χ2v) is 2.98. The van der Waals surface area contributed by atoms with Gasteiger partial charge in [-0.2, -0.15) is 0 Å². The van der Waals surface area contributed by atoms with Gasteiger partial charge in [-0.05, 0) is 19.1 Å². The van der Waals surface area contributed by atoms with Crippen LogP contribution >= 0.6 is 12.4 Å². The Bertz CT molecular complexity index is 329. The molecule has 0 aliphatic heterocycles. The molecule has 15 heavy (non-hydrogen) atoms. The molecule has 0 aliphatic rings. The predicted molar refractivity (Wildman–Crippen MR) is 62.5 cm³/mol. The van der Waals surface area contributed by atoms with Gasteiger partial charge in [0.15, 0.2) is 0 Å². The van der Waals surface area contributed by atoms with Gasteiger partial charge in [-0.3, -0.25) is 4.79 Å². The lowest BCUT2D eigenvalue weighted by Gasteiger charge is -2.10. The van der Waals surface area contributed by atoms with Gasteiger partial charge >= 0.3 is 0 Å². The lowest BCUT2D eigenvalue weighted by Crippen LogP contribution is -2.32. The molecule has 1 rings (SSSR count).